The molecule has 1 saturated heterocycles. The van der Waals surface area contributed by atoms with Gasteiger partial charge >= 0.3 is 0 Å². The van der Waals surface area contributed by atoms with Crippen molar-refractivity contribution in [2.45, 2.75) is 26.3 Å². The first-order chi connectivity index (χ1) is 8.56. The van der Waals surface area contributed by atoms with Gasteiger partial charge in [0.25, 0.3) is 5.56 Å². The van der Waals surface area contributed by atoms with E-state index in [1.807, 2.05) is 4.90 Å². The maximum atomic E-state index is 12.1. The zero-order valence-electron chi connectivity index (χ0n) is 10.4. The number of piperidine rings is 1. The highest BCUT2D eigenvalue weighted by atomic mass is 79.9. The van der Waals surface area contributed by atoms with Gasteiger partial charge in [-0.15, -0.1) is 0 Å². The lowest BCUT2D eigenvalue weighted by Gasteiger charge is -2.31. The molecule has 0 aliphatic carbocycles. The van der Waals surface area contributed by atoms with Crippen LogP contribution in [0.15, 0.2) is 27.6 Å². The van der Waals surface area contributed by atoms with Crippen molar-refractivity contribution in [2.75, 3.05) is 13.1 Å². The van der Waals surface area contributed by atoms with Gasteiger partial charge in [-0.1, -0.05) is 6.92 Å². The third-order valence-corrected chi connectivity index (χ3v) is 3.73. The van der Waals surface area contributed by atoms with E-state index in [1.54, 1.807) is 12.3 Å². The molecule has 0 radical (unpaired) electrons. The second kappa shape index (κ2) is 5.69. The Balaban J connectivity index is 2.06. The quantitative estimate of drug-likeness (QED) is 0.836. The van der Waals surface area contributed by atoms with Crippen molar-refractivity contribution in [1.29, 1.82) is 0 Å². The largest absolute Gasteiger partial charge is 0.341 e. The highest BCUT2D eigenvalue weighted by molar-refractivity contribution is 9.10. The molecule has 1 aliphatic rings. The molecule has 1 aromatic rings. The molecule has 18 heavy (non-hydrogen) atoms. The molecule has 1 unspecified atom stereocenters. The van der Waals surface area contributed by atoms with Crippen LogP contribution in [0.4, 0.5) is 0 Å². The number of likely N-dealkylation sites (tertiary alicyclic amines) is 1. The van der Waals surface area contributed by atoms with Gasteiger partial charge in [0.2, 0.25) is 5.91 Å². The van der Waals surface area contributed by atoms with E-state index >= 15 is 0 Å². The van der Waals surface area contributed by atoms with Gasteiger partial charge in [-0.3, -0.25) is 9.59 Å². The van der Waals surface area contributed by atoms with E-state index in [-0.39, 0.29) is 18.0 Å². The van der Waals surface area contributed by atoms with Gasteiger partial charge in [-0.05, 0) is 40.8 Å². The van der Waals surface area contributed by atoms with Crippen molar-refractivity contribution in [3.05, 3.63) is 33.2 Å². The minimum absolute atomic E-state index is 0.0294. The number of carbonyl (C=O) groups excluding carboxylic acids is 1. The zero-order valence-corrected chi connectivity index (χ0v) is 12.0. The van der Waals surface area contributed by atoms with E-state index in [0.29, 0.717) is 5.92 Å². The second-order valence-electron chi connectivity index (χ2n) is 4.90. The lowest BCUT2D eigenvalue weighted by atomic mass is 10.0. The molecule has 0 bridgehead atoms. The summed E-state index contributed by atoms with van der Waals surface area (Å²) in [7, 11) is 0. The van der Waals surface area contributed by atoms with E-state index in [4.69, 9.17) is 0 Å². The van der Waals surface area contributed by atoms with Crippen molar-refractivity contribution in [1.82, 2.24) is 9.47 Å². The fourth-order valence-electron chi connectivity index (χ4n) is 2.29. The first kappa shape index (κ1) is 13.3. The van der Waals surface area contributed by atoms with Crippen LogP contribution in [0.3, 0.4) is 0 Å². The molecule has 2 heterocycles. The van der Waals surface area contributed by atoms with Crippen LogP contribution >= 0.6 is 15.9 Å². The molecule has 2 rings (SSSR count). The number of hydrogen-bond donors (Lipinski definition) is 0. The van der Waals surface area contributed by atoms with Crippen LogP contribution in [0.2, 0.25) is 0 Å². The summed E-state index contributed by atoms with van der Waals surface area (Å²) in [6, 6.07) is 3.16. The van der Waals surface area contributed by atoms with Gasteiger partial charge in [-0.2, -0.15) is 0 Å². The van der Waals surface area contributed by atoms with Gasteiger partial charge in [0.05, 0.1) is 0 Å². The molecule has 0 spiro atoms. The van der Waals surface area contributed by atoms with Crippen LogP contribution in [-0.4, -0.2) is 28.5 Å². The predicted octanol–water partition coefficient (Wildman–Crippen LogP) is 1.87. The Labute approximate surface area is 115 Å². The molecule has 1 fully saturated rings. The van der Waals surface area contributed by atoms with Crippen LogP contribution in [-0.2, 0) is 11.3 Å². The predicted molar refractivity (Wildman–Crippen MR) is 73.4 cm³/mol. The van der Waals surface area contributed by atoms with E-state index < -0.39 is 0 Å². The van der Waals surface area contributed by atoms with E-state index in [1.165, 1.54) is 17.1 Å². The van der Waals surface area contributed by atoms with Crippen LogP contribution < -0.4 is 5.56 Å². The van der Waals surface area contributed by atoms with E-state index in [0.717, 1.165) is 24.0 Å². The Kier molecular flexibility index (Phi) is 4.22. The molecule has 1 atom stereocenters. The first-order valence-corrected chi connectivity index (χ1v) is 6.99. The summed E-state index contributed by atoms with van der Waals surface area (Å²) < 4.78 is 2.26. The summed E-state index contributed by atoms with van der Waals surface area (Å²) in [4.78, 5) is 25.6. The van der Waals surface area contributed by atoms with Crippen molar-refractivity contribution >= 4 is 21.8 Å². The molecule has 4 nitrogen and oxygen atoms in total. The van der Waals surface area contributed by atoms with Crippen LogP contribution in [0.25, 0.3) is 0 Å². The minimum Gasteiger partial charge on any atom is -0.341 e. The molecule has 0 saturated carbocycles. The number of aromatic nitrogens is 1. The summed E-state index contributed by atoms with van der Waals surface area (Å²) in [5.74, 6) is 0.587. The highest BCUT2D eigenvalue weighted by Crippen LogP contribution is 2.15. The number of amides is 1. The Bertz CT molecular complexity index is 498. The molecular formula is C13H17BrN2O2. The van der Waals surface area contributed by atoms with Crippen molar-refractivity contribution in [2.24, 2.45) is 5.92 Å². The Morgan fingerprint density at radius 2 is 2.28 bits per heavy atom. The van der Waals surface area contributed by atoms with Gasteiger partial charge < -0.3 is 9.47 Å². The summed E-state index contributed by atoms with van der Waals surface area (Å²) in [5, 5.41) is 0. The molecule has 1 aromatic heterocycles. The van der Waals surface area contributed by atoms with Gasteiger partial charge in [0.15, 0.2) is 0 Å². The SMILES string of the molecule is CC1CCCN(C(=O)Cn2cc(Br)ccc2=O)C1. The maximum Gasteiger partial charge on any atom is 0.251 e. The van der Waals surface area contributed by atoms with Crippen LogP contribution in [0.5, 0.6) is 0 Å². The first-order valence-electron chi connectivity index (χ1n) is 6.20. The van der Waals surface area contributed by atoms with Gasteiger partial charge in [0.1, 0.15) is 6.54 Å². The molecule has 98 valence electrons. The smallest absolute Gasteiger partial charge is 0.251 e. The van der Waals surface area contributed by atoms with Crippen LogP contribution in [0, 0.1) is 5.92 Å². The second-order valence-corrected chi connectivity index (χ2v) is 5.82. The number of rotatable bonds is 2. The number of halogens is 1. The standard InChI is InChI=1S/C13H17BrN2O2/c1-10-3-2-6-15(7-10)13(18)9-16-8-11(14)4-5-12(16)17/h4-5,8,10H,2-3,6-7,9H2,1H3. The number of nitrogens with zero attached hydrogens (tertiary/aromatic N) is 2. The summed E-state index contributed by atoms with van der Waals surface area (Å²) in [6.07, 6.45) is 3.90. The van der Waals surface area contributed by atoms with E-state index in [2.05, 4.69) is 22.9 Å². The molecule has 1 aliphatic heterocycles. The van der Waals surface area contributed by atoms with Crippen molar-refractivity contribution < 1.29 is 4.79 Å². The van der Waals surface area contributed by atoms with E-state index in [9.17, 15) is 9.59 Å². The fourth-order valence-corrected chi connectivity index (χ4v) is 2.67. The number of carbonyl (C=O) groups is 1. The Morgan fingerprint density at radius 3 is 3.00 bits per heavy atom. The third-order valence-electron chi connectivity index (χ3n) is 3.26. The molecule has 5 heteroatoms. The number of hydrogen-bond acceptors (Lipinski definition) is 2. The zero-order chi connectivity index (χ0) is 13.1. The normalized spacial score (nSPS) is 19.9. The molecule has 0 aromatic carbocycles. The summed E-state index contributed by atoms with van der Waals surface area (Å²) in [6.45, 7) is 3.91. The maximum absolute atomic E-state index is 12.1. The molecule has 0 N–H and O–H groups in total. The lowest BCUT2D eigenvalue weighted by Crippen LogP contribution is -2.42. The topological polar surface area (TPSA) is 42.3 Å². The monoisotopic (exact) mass is 312 g/mol. The lowest BCUT2D eigenvalue weighted by molar-refractivity contribution is -0.133. The molecule has 1 amide bonds. The Morgan fingerprint density at radius 1 is 1.50 bits per heavy atom. The minimum atomic E-state index is -0.142. The summed E-state index contributed by atoms with van der Waals surface area (Å²) >= 11 is 3.31. The average Bonchev–Trinajstić information content (AvgIpc) is 2.34. The van der Waals surface area contributed by atoms with Gasteiger partial charge in [0, 0.05) is 29.8 Å². The number of pyridine rings is 1. The Hall–Kier alpha value is -1.10. The van der Waals surface area contributed by atoms with Gasteiger partial charge in [-0.25, -0.2) is 0 Å². The average molecular weight is 313 g/mol. The van der Waals surface area contributed by atoms with Crippen molar-refractivity contribution in [3.8, 4) is 0 Å². The summed E-state index contributed by atoms with van der Waals surface area (Å²) in [5.41, 5.74) is -0.142. The fraction of sp³-hybridized carbons (Fsp3) is 0.538. The third kappa shape index (κ3) is 3.22. The van der Waals surface area contributed by atoms with Crippen LogP contribution in [0.1, 0.15) is 19.8 Å². The molecular weight excluding hydrogens is 296 g/mol. The highest BCUT2D eigenvalue weighted by Gasteiger charge is 2.21. The van der Waals surface area contributed by atoms with Crippen molar-refractivity contribution in [3.63, 3.8) is 0 Å².